The molecule has 2 amide bonds. The van der Waals surface area contributed by atoms with Gasteiger partial charge in [0.2, 0.25) is 5.91 Å². The summed E-state index contributed by atoms with van der Waals surface area (Å²) in [6.07, 6.45) is 2.00. The molecule has 132 valence electrons. The first-order valence-corrected chi connectivity index (χ1v) is 8.30. The second kappa shape index (κ2) is 7.42. The van der Waals surface area contributed by atoms with Crippen LogP contribution in [0.1, 0.15) is 48.2 Å². The van der Waals surface area contributed by atoms with Crippen LogP contribution in [0.5, 0.6) is 0 Å². The van der Waals surface area contributed by atoms with Crippen molar-refractivity contribution in [3.8, 4) is 0 Å². The number of aromatic amines is 1. The summed E-state index contributed by atoms with van der Waals surface area (Å²) in [6, 6.07) is 6.37. The SMILES string of the molecule is CC(CC(=O)Nc1n[nH]nc1C(=O)N1CCCC1)c1ccccc1F. The number of halogens is 1. The Balaban J connectivity index is 1.65. The van der Waals surface area contributed by atoms with E-state index in [0.717, 1.165) is 12.8 Å². The molecule has 2 N–H and O–H groups in total. The Hall–Kier alpha value is -2.77. The van der Waals surface area contributed by atoms with Crippen LogP contribution in [0, 0.1) is 5.82 Å². The van der Waals surface area contributed by atoms with Crippen LogP contribution in [-0.2, 0) is 4.79 Å². The van der Waals surface area contributed by atoms with E-state index in [1.807, 2.05) is 0 Å². The zero-order valence-corrected chi connectivity index (χ0v) is 14.0. The van der Waals surface area contributed by atoms with Gasteiger partial charge in [0.25, 0.3) is 5.91 Å². The first kappa shape index (κ1) is 17.1. The molecule has 0 saturated carbocycles. The summed E-state index contributed by atoms with van der Waals surface area (Å²) in [7, 11) is 0. The predicted octanol–water partition coefficient (Wildman–Crippen LogP) is 2.31. The number of hydrogen-bond acceptors (Lipinski definition) is 4. The third kappa shape index (κ3) is 3.84. The van der Waals surface area contributed by atoms with Crippen molar-refractivity contribution in [2.45, 2.75) is 32.1 Å². The van der Waals surface area contributed by atoms with E-state index in [1.54, 1.807) is 30.0 Å². The molecule has 1 aliphatic heterocycles. The van der Waals surface area contributed by atoms with Gasteiger partial charge in [-0.05, 0) is 30.4 Å². The molecule has 0 spiro atoms. The predicted molar refractivity (Wildman–Crippen MR) is 89.6 cm³/mol. The average molecular weight is 345 g/mol. The van der Waals surface area contributed by atoms with Gasteiger partial charge < -0.3 is 10.2 Å². The average Bonchev–Trinajstić information content (AvgIpc) is 3.26. The summed E-state index contributed by atoms with van der Waals surface area (Å²) >= 11 is 0. The Labute approximate surface area is 144 Å². The number of carbonyl (C=O) groups excluding carboxylic acids is 2. The smallest absolute Gasteiger partial charge is 0.278 e. The maximum atomic E-state index is 13.8. The van der Waals surface area contributed by atoms with Gasteiger partial charge in [0.05, 0.1) is 0 Å². The Kier molecular flexibility index (Phi) is 5.06. The Morgan fingerprint density at radius 3 is 2.72 bits per heavy atom. The van der Waals surface area contributed by atoms with E-state index < -0.39 is 0 Å². The van der Waals surface area contributed by atoms with Crippen LogP contribution in [0.3, 0.4) is 0 Å². The Morgan fingerprint density at radius 1 is 1.28 bits per heavy atom. The standard InChI is InChI=1S/C17H20FN5O2/c1-11(12-6-2-3-7-13(12)18)10-14(24)19-16-15(20-22-21-16)17(25)23-8-4-5-9-23/h2-3,6-7,11H,4-5,8-10H2,1H3,(H2,19,20,21,22,24). The minimum Gasteiger partial charge on any atom is -0.337 e. The van der Waals surface area contributed by atoms with E-state index in [-0.39, 0.29) is 41.5 Å². The highest BCUT2D eigenvalue weighted by Gasteiger charge is 2.26. The molecule has 0 bridgehead atoms. The number of nitrogens with one attached hydrogen (secondary N) is 2. The highest BCUT2D eigenvalue weighted by molar-refractivity contribution is 6.01. The molecule has 1 fully saturated rings. The van der Waals surface area contributed by atoms with Crippen molar-refractivity contribution in [2.24, 2.45) is 0 Å². The Bertz CT molecular complexity index is 770. The molecule has 2 heterocycles. The molecule has 1 unspecified atom stereocenters. The lowest BCUT2D eigenvalue weighted by molar-refractivity contribution is -0.116. The van der Waals surface area contributed by atoms with E-state index in [1.165, 1.54) is 6.07 Å². The number of aromatic nitrogens is 3. The van der Waals surface area contributed by atoms with Crippen molar-refractivity contribution >= 4 is 17.6 Å². The normalized spacial score (nSPS) is 15.2. The van der Waals surface area contributed by atoms with Crippen LogP contribution in [0.15, 0.2) is 24.3 Å². The number of hydrogen-bond donors (Lipinski definition) is 2. The number of H-pyrrole nitrogens is 1. The lowest BCUT2D eigenvalue weighted by Gasteiger charge is -2.15. The maximum Gasteiger partial charge on any atom is 0.278 e. The van der Waals surface area contributed by atoms with Crippen molar-refractivity contribution in [1.82, 2.24) is 20.3 Å². The maximum absolute atomic E-state index is 13.8. The number of benzene rings is 1. The van der Waals surface area contributed by atoms with E-state index in [9.17, 15) is 14.0 Å². The minimum atomic E-state index is -0.347. The number of likely N-dealkylation sites (tertiary alicyclic amines) is 1. The van der Waals surface area contributed by atoms with Crippen LogP contribution in [0.4, 0.5) is 10.2 Å². The minimum absolute atomic E-state index is 0.0745. The first-order chi connectivity index (χ1) is 12.1. The van der Waals surface area contributed by atoms with Crippen LogP contribution >= 0.6 is 0 Å². The van der Waals surface area contributed by atoms with Gasteiger partial charge in [-0.1, -0.05) is 25.1 Å². The van der Waals surface area contributed by atoms with Gasteiger partial charge in [-0.15, -0.1) is 10.2 Å². The molecule has 25 heavy (non-hydrogen) atoms. The molecule has 1 aromatic heterocycles. The highest BCUT2D eigenvalue weighted by atomic mass is 19.1. The van der Waals surface area contributed by atoms with Gasteiger partial charge in [-0.3, -0.25) is 9.59 Å². The zero-order chi connectivity index (χ0) is 17.8. The number of anilines is 1. The highest BCUT2D eigenvalue weighted by Crippen LogP contribution is 2.23. The molecule has 0 radical (unpaired) electrons. The van der Waals surface area contributed by atoms with E-state index in [0.29, 0.717) is 18.7 Å². The summed E-state index contributed by atoms with van der Waals surface area (Å²) in [5.41, 5.74) is 0.583. The third-order valence-electron chi connectivity index (χ3n) is 4.33. The summed E-state index contributed by atoms with van der Waals surface area (Å²) in [4.78, 5) is 26.4. The van der Waals surface area contributed by atoms with E-state index >= 15 is 0 Å². The monoisotopic (exact) mass is 345 g/mol. The summed E-state index contributed by atoms with van der Waals surface area (Å²) in [5.74, 6) is -1.12. The molecule has 1 saturated heterocycles. The largest absolute Gasteiger partial charge is 0.337 e. The number of carbonyl (C=O) groups is 2. The van der Waals surface area contributed by atoms with Gasteiger partial charge in [-0.2, -0.15) is 5.21 Å². The number of nitrogens with zero attached hydrogens (tertiary/aromatic N) is 3. The van der Waals surface area contributed by atoms with Crippen LogP contribution < -0.4 is 5.32 Å². The van der Waals surface area contributed by atoms with Crippen molar-refractivity contribution in [3.05, 3.63) is 41.3 Å². The molecule has 1 aliphatic rings. The van der Waals surface area contributed by atoms with Crippen molar-refractivity contribution in [3.63, 3.8) is 0 Å². The van der Waals surface area contributed by atoms with Gasteiger partial charge in [0.15, 0.2) is 11.5 Å². The molecule has 2 aromatic rings. The molecule has 1 atom stereocenters. The first-order valence-electron chi connectivity index (χ1n) is 8.30. The van der Waals surface area contributed by atoms with Crippen molar-refractivity contribution in [2.75, 3.05) is 18.4 Å². The van der Waals surface area contributed by atoms with E-state index in [4.69, 9.17) is 0 Å². The van der Waals surface area contributed by atoms with Gasteiger partial charge in [0.1, 0.15) is 5.82 Å². The van der Waals surface area contributed by atoms with Gasteiger partial charge in [0, 0.05) is 19.5 Å². The van der Waals surface area contributed by atoms with Crippen LogP contribution in [-0.4, -0.2) is 45.2 Å². The summed E-state index contributed by atoms with van der Waals surface area (Å²) < 4.78 is 13.8. The summed E-state index contributed by atoms with van der Waals surface area (Å²) in [6.45, 7) is 3.14. The molecule has 1 aromatic carbocycles. The number of rotatable bonds is 5. The second-order valence-electron chi connectivity index (χ2n) is 6.19. The molecule has 8 heteroatoms. The fourth-order valence-corrected chi connectivity index (χ4v) is 2.98. The molecule has 3 rings (SSSR count). The fraction of sp³-hybridized carbons (Fsp3) is 0.412. The molecule has 0 aliphatic carbocycles. The summed E-state index contributed by atoms with van der Waals surface area (Å²) in [5, 5.41) is 12.7. The van der Waals surface area contributed by atoms with Crippen molar-refractivity contribution < 1.29 is 14.0 Å². The van der Waals surface area contributed by atoms with Gasteiger partial charge in [-0.25, -0.2) is 4.39 Å². The van der Waals surface area contributed by atoms with Crippen LogP contribution in [0.2, 0.25) is 0 Å². The third-order valence-corrected chi connectivity index (χ3v) is 4.33. The molecule has 7 nitrogen and oxygen atoms in total. The second-order valence-corrected chi connectivity index (χ2v) is 6.19. The lowest BCUT2D eigenvalue weighted by atomic mass is 9.97. The van der Waals surface area contributed by atoms with Crippen LogP contribution in [0.25, 0.3) is 0 Å². The lowest BCUT2D eigenvalue weighted by Crippen LogP contribution is -2.29. The number of amides is 2. The Morgan fingerprint density at radius 2 is 2.00 bits per heavy atom. The zero-order valence-electron chi connectivity index (χ0n) is 14.0. The van der Waals surface area contributed by atoms with E-state index in [2.05, 4.69) is 20.7 Å². The fourth-order valence-electron chi connectivity index (χ4n) is 2.98. The molecular formula is C17H20FN5O2. The topological polar surface area (TPSA) is 91.0 Å². The van der Waals surface area contributed by atoms with Crippen molar-refractivity contribution in [1.29, 1.82) is 0 Å². The van der Waals surface area contributed by atoms with Gasteiger partial charge >= 0.3 is 0 Å². The molecular weight excluding hydrogens is 325 g/mol. The quantitative estimate of drug-likeness (QED) is 0.870.